The smallest absolute Gasteiger partial charge is 0.237 e. The molecule has 1 saturated heterocycles. The molecule has 0 aromatic rings. The normalized spacial score (nSPS) is 21.7. The summed E-state index contributed by atoms with van der Waals surface area (Å²) in [6, 6.07) is -0.0842. The topological polar surface area (TPSA) is 70.6 Å². The lowest BCUT2D eigenvalue weighted by Gasteiger charge is -2.33. The van der Waals surface area contributed by atoms with E-state index in [9.17, 15) is 9.90 Å². The highest BCUT2D eigenvalue weighted by Gasteiger charge is 2.30. The molecule has 5 nitrogen and oxygen atoms in total. The van der Waals surface area contributed by atoms with Crippen molar-refractivity contribution in [1.82, 2.24) is 10.6 Å². The quantitative estimate of drug-likeness (QED) is 0.641. The van der Waals surface area contributed by atoms with E-state index in [0.29, 0.717) is 32.6 Å². The fourth-order valence-corrected chi connectivity index (χ4v) is 2.24. The average molecular weight is 272 g/mol. The third-order valence-electron chi connectivity index (χ3n) is 3.66. The van der Waals surface area contributed by atoms with E-state index in [1.807, 2.05) is 13.8 Å². The van der Waals surface area contributed by atoms with Crippen molar-refractivity contribution in [1.29, 1.82) is 0 Å². The highest BCUT2D eigenvalue weighted by Crippen LogP contribution is 2.19. The highest BCUT2D eigenvalue weighted by molar-refractivity contribution is 5.81. The Labute approximate surface area is 116 Å². The first-order valence-electron chi connectivity index (χ1n) is 7.31. The number of rotatable bonds is 7. The zero-order valence-corrected chi connectivity index (χ0v) is 12.4. The third kappa shape index (κ3) is 5.89. The molecule has 0 aromatic carbocycles. The van der Waals surface area contributed by atoms with Gasteiger partial charge in [0.25, 0.3) is 0 Å². The molecule has 2 unspecified atom stereocenters. The summed E-state index contributed by atoms with van der Waals surface area (Å²) in [6.45, 7) is 7.56. The van der Waals surface area contributed by atoms with E-state index in [0.717, 1.165) is 12.8 Å². The summed E-state index contributed by atoms with van der Waals surface area (Å²) in [4.78, 5) is 11.9. The van der Waals surface area contributed by atoms with Gasteiger partial charge in [-0.1, -0.05) is 13.3 Å². The van der Waals surface area contributed by atoms with Crippen molar-refractivity contribution >= 4 is 5.91 Å². The van der Waals surface area contributed by atoms with Crippen LogP contribution in [0.15, 0.2) is 0 Å². The molecule has 112 valence electrons. The Balaban J connectivity index is 2.29. The van der Waals surface area contributed by atoms with E-state index in [1.165, 1.54) is 0 Å². The van der Waals surface area contributed by atoms with Crippen molar-refractivity contribution in [3.8, 4) is 0 Å². The van der Waals surface area contributed by atoms with Crippen LogP contribution in [-0.2, 0) is 9.53 Å². The van der Waals surface area contributed by atoms with Gasteiger partial charge < -0.3 is 20.5 Å². The van der Waals surface area contributed by atoms with Crippen LogP contribution in [-0.4, -0.2) is 48.5 Å². The molecule has 0 aromatic heterocycles. The molecule has 0 aliphatic carbocycles. The molecule has 0 spiro atoms. The molecule has 2 atom stereocenters. The van der Waals surface area contributed by atoms with Crippen LogP contribution in [0.2, 0.25) is 0 Å². The Morgan fingerprint density at radius 3 is 2.58 bits per heavy atom. The first kappa shape index (κ1) is 16.4. The van der Waals surface area contributed by atoms with Gasteiger partial charge in [0, 0.05) is 38.6 Å². The van der Waals surface area contributed by atoms with Crippen molar-refractivity contribution in [3.05, 3.63) is 0 Å². The highest BCUT2D eigenvalue weighted by atomic mass is 16.5. The van der Waals surface area contributed by atoms with E-state index in [4.69, 9.17) is 4.74 Å². The third-order valence-corrected chi connectivity index (χ3v) is 3.66. The summed E-state index contributed by atoms with van der Waals surface area (Å²) in [5.41, 5.74) is -0.734. The van der Waals surface area contributed by atoms with Crippen molar-refractivity contribution in [2.24, 2.45) is 0 Å². The number of ether oxygens (including phenoxy) is 1. The molecule has 0 radical (unpaired) electrons. The molecule has 1 aliphatic rings. The van der Waals surface area contributed by atoms with Crippen molar-refractivity contribution < 1.29 is 14.6 Å². The summed E-state index contributed by atoms with van der Waals surface area (Å²) in [6.07, 6.45) is 3.30. The van der Waals surface area contributed by atoms with Crippen LogP contribution in [0.4, 0.5) is 0 Å². The summed E-state index contributed by atoms with van der Waals surface area (Å²) >= 11 is 0. The van der Waals surface area contributed by atoms with Crippen LogP contribution in [0, 0.1) is 0 Å². The van der Waals surface area contributed by atoms with E-state index in [1.54, 1.807) is 0 Å². The molecule has 19 heavy (non-hydrogen) atoms. The van der Waals surface area contributed by atoms with Gasteiger partial charge in [0.05, 0.1) is 11.6 Å². The fourth-order valence-electron chi connectivity index (χ4n) is 2.24. The Morgan fingerprint density at radius 2 is 2.00 bits per heavy atom. The number of nitrogens with one attached hydrogen (secondary N) is 2. The maximum atomic E-state index is 11.9. The standard InChI is InChI=1S/C14H28N2O3/c1-4-5-11(2)16-13(17)12(3)15-10-14(18)6-8-19-9-7-14/h11-12,15,18H,4-10H2,1-3H3,(H,16,17). The maximum absolute atomic E-state index is 11.9. The lowest BCUT2D eigenvalue weighted by molar-refractivity contribution is -0.124. The Hall–Kier alpha value is -0.650. The molecule has 1 amide bonds. The van der Waals surface area contributed by atoms with E-state index >= 15 is 0 Å². The fraction of sp³-hybridized carbons (Fsp3) is 0.929. The number of hydrogen-bond donors (Lipinski definition) is 3. The lowest BCUT2D eigenvalue weighted by atomic mass is 9.94. The van der Waals surface area contributed by atoms with Crippen molar-refractivity contribution in [2.45, 2.75) is 64.1 Å². The van der Waals surface area contributed by atoms with Gasteiger partial charge in [0.15, 0.2) is 0 Å². The van der Waals surface area contributed by atoms with Gasteiger partial charge in [-0.3, -0.25) is 4.79 Å². The summed E-state index contributed by atoms with van der Waals surface area (Å²) in [5.74, 6) is -0.00314. The zero-order valence-electron chi connectivity index (χ0n) is 12.4. The van der Waals surface area contributed by atoms with E-state index in [2.05, 4.69) is 17.6 Å². The molecule has 5 heteroatoms. The lowest BCUT2D eigenvalue weighted by Crippen LogP contribution is -2.52. The predicted molar refractivity (Wildman–Crippen MR) is 75.0 cm³/mol. The van der Waals surface area contributed by atoms with Crippen LogP contribution in [0.1, 0.15) is 46.5 Å². The zero-order chi connectivity index (χ0) is 14.3. The van der Waals surface area contributed by atoms with Crippen molar-refractivity contribution in [3.63, 3.8) is 0 Å². The van der Waals surface area contributed by atoms with Gasteiger partial charge in [-0.25, -0.2) is 0 Å². The first-order chi connectivity index (χ1) is 8.97. The molecule has 3 N–H and O–H groups in total. The summed E-state index contributed by atoms with van der Waals surface area (Å²) < 4.78 is 5.23. The Bertz CT molecular complexity index is 278. The van der Waals surface area contributed by atoms with Crippen LogP contribution in [0.5, 0.6) is 0 Å². The van der Waals surface area contributed by atoms with Crippen LogP contribution >= 0.6 is 0 Å². The molecule has 0 bridgehead atoms. The first-order valence-corrected chi connectivity index (χ1v) is 7.31. The second kappa shape index (κ2) is 7.82. The predicted octanol–water partition coefficient (Wildman–Crippen LogP) is 0.811. The molecule has 1 fully saturated rings. The Kier molecular flexibility index (Phi) is 6.75. The number of carbonyl (C=O) groups excluding carboxylic acids is 1. The minimum Gasteiger partial charge on any atom is -0.388 e. The minimum atomic E-state index is -0.734. The van der Waals surface area contributed by atoms with Gasteiger partial charge >= 0.3 is 0 Å². The summed E-state index contributed by atoms with van der Waals surface area (Å²) in [5, 5.41) is 16.4. The number of aliphatic hydroxyl groups is 1. The van der Waals surface area contributed by atoms with Crippen LogP contribution < -0.4 is 10.6 Å². The molecule has 0 saturated carbocycles. The number of amides is 1. The van der Waals surface area contributed by atoms with Crippen LogP contribution in [0.25, 0.3) is 0 Å². The monoisotopic (exact) mass is 272 g/mol. The van der Waals surface area contributed by atoms with Crippen LogP contribution in [0.3, 0.4) is 0 Å². The summed E-state index contributed by atoms with van der Waals surface area (Å²) in [7, 11) is 0. The van der Waals surface area contributed by atoms with Gasteiger partial charge in [-0.05, 0) is 20.3 Å². The van der Waals surface area contributed by atoms with E-state index < -0.39 is 5.60 Å². The van der Waals surface area contributed by atoms with Gasteiger partial charge in [-0.15, -0.1) is 0 Å². The maximum Gasteiger partial charge on any atom is 0.237 e. The largest absolute Gasteiger partial charge is 0.388 e. The molecular formula is C14H28N2O3. The molecule has 1 rings (SSSR count). The molecule has 1 aliphatic heterocycles. The SMILES string of the molecule is CCCC(C)NC(=O)C(C)NCC1(O)CCOCC1. The van der Waals surface area contributed by atoms with Crippen molar-refractivity contribution in [2.75, 3.05) is 19.8 Å². The molecular weight excluding hydrogens is 244 g/mol. The average Bonchev–Trinajstić information content (AvgIpc) is 2.37. The number of carbonyl (C=O) groups is 1. The van der Waals surface area contributed by atoms with Gasteiger partial charge in [-0.2, -0.15) is 0 Å². The second-order valence-electron chi connectivity index (χ2n) is 5.64. The second-order valence-corrected chi connectivity index (χ2v) is 5.64. The van der Waals surface area contributed by atoms with E-state index in [-0.39, 0.29) is 18.0 Å². The van der Waals surface area contributed by atoms with Gasteiger partial charge in [0.1, 0.15) is 0 Å². The van der Waals surface area contributed by atoms with Gasteiger partial charge in [0.2, 0.25) is 5.91 Å². The minimum absolute atomic E-state index is 0.00314. The Morgan fingerprint density at radius 1 is 1.37 bits per heavy atom. The number of hydrogen-bond acceptors (Lipinski definition) is 4. The molecule has 1 heterocycles.